The summed E-state index contributed by atoms with van der Waals surface area (Å²) in [5.41, 5.74) is 0.544. The van der Waals surface area contributed by atoms with E-state index in [1.807, 2.05) is 12.1 Å². The van der Waals surface area contributed by atoms with Gasteiger partial charge in [0.05, 0.1) is 0 Å². The van der Waals surface area contributed by atoms with Crippen molar-refractivity contribution in [3.8, 4) is 0 Å². The predicted molar refractivity (Wildman–Crippen MR) is 87.9 cm³/mol. The molecule has 4 rings (SSSR count). The molecule has 0 saturated carbocycles. The zero-order valence-electron chi connectivity index (χ0n) is 13.4. The first-order chi connectivity index (χ1) is 11.7. The fourth-order valence-corrected chi connectivity index (χ4v) is 2.81. The standard InChI is InChI=1S/C15H18N8O/c1-20(7-8-21-6-2-5-16-15(21)24)12-9-22(10-12)14-4-3-13-18-17-11-23(13)19-14/h2-6,11-12H,7-10H2,1H3. The first-order valence-corrected chi connectivity index (χ1v) is 7.84. The van der Waals surface area contributed by atoms with Gasteiger partial charge in [-0.25, -0.2) is 9.78 Å². The van der Waals surface area contributed by atoms with Gasteiger partial charge in [-0.3, -0.25) is 9.47 Å². The van der Waals surface area contributed by atoms with E-state index in [9.17, 15) is 4.79 Å². The minimum Gasteiger partial charge on any atom is -0.352 e. The lowest BCUT2D eigenvalue weighted by Crippen LogP contribution is -2.59. The van der Waals surface area contributed by atoms with E-state index in [0.29, 0.717) is 12.6 Å². The Bertz CT molecular complexity index is 897. The van der Waals surface area contributed by atoms with Crippen molar-refractivity contribution in [3.63, 3.8) is 0 Å². The molecule has 1 saturated heterocycles. The smallest absolute Gasteiger partial charge is 0.347 e. The predicted octanol–water partition coefficient (Wildman–Crippen LogP) is -0.498. The molecule has 0 aliphatic carbocycles. The molecule has 9 nitrogen and oxygen atoms in total. The molecule has 3 aromatic heterocycles. The second-order valence-corrected chi connectivity index (χ2v) is 5.96. The fraction of sp³-hybridized carbons (Fsp3) is 0.400. The lowest BCUT2D eigenvalue weighted by molar-refractivity contribution is 0.196. The van der Waals surface area contributed by atoms with Crippen molar-refractivity contribution in [1.82, 2.24) is 34.3 Å². The van der Waals surface area contributed by atoms with Gasteiger partial charge in [-0.15, -0.1) is 15.3 Å². The summed E-state index contributed by atoms with van der Waals surface area (Å²) in [5.74, 6) is 0.926. The van der Waals surface area contributed by atoms with Crippen LogP contribution in [0.15, 0.2) is 41.7 Å². The Morgan fingerprint density at radius 3 is 3.04 bits per heavy atom. The third-order valence-corrected chi connectivity index (χ3v) is 4.43. The summed E-state index contributed by atoms with van der Waals surface area (Å²) in [6, 6.07) is 6.12. The van der Waals surface area contributed by atoms with E-state index in [1.54, 1.807) is 27.7 Å². The summed E-state index contributed by atoms with van der Waals surface area (Å²) in [6.07, 6.45) is 4.90. The Morgan fingerprint density at radius 2 is 2.21 bits per heavy atom. The largest absolute Gasteiger partial charge is 0.352 e. The van der Waals surface area contributed by atoms with E-state index in [4.69, 9.17) is 0 Å². The summed E-state index contributed by atoms with van der Waals surface area (Å²) in [5, 5.41) is 12.3. The summed E-state index contributed by atoms with van der Waals surface area (Å²) >= 11 is 0. The van der Waals surface area contributed by atoms with Crippen LogP contribution in [0.25, 0.3) is 5.65 Å². The van der Waals surface area contributed by atoms with Crippen LogP contribution in [0, 0.1) is 0 Å². The quantitative estimate of drug-likeness (QED) is 0.625. The number of hydrogen-bond acceptors (Lipinski definition) is 7. The molecule has 0 aromatic carbocycles. The summed E-state index contributed by atoms with van der Waals surface area (Å²) in [7, 11) is 2.08. The molecule has 0 N–H and O–H groups in total. The van der Waals surface area contributed by atoms with Gasteiger partial charge in [0.25, 0.3) is 0 Å². The Hall–Kier alpha value is -2.81. The van der Waals surface area contributed by atoms with Gasteiger partial charge in [0.15, 0.2) is 5.65 Å². The summed E-state index contributed by atoms with van der Waals surface area (Å²) in [6.45, 7) is 3.28. The Morgan fingerprint density at radius 1 is 1.33 bits per heavy atom. The van der Waals surface area contributed by atoms with Crippen molar-refractivity contribution in [3.05, 3.63) is 47.4 Å². The molecule has 1 aliphatic rings. The van der Waals surface area contributed by atoms with Crippen molar-refractivity contribution in [2.45, 2.75) is 12.6 Å². The molecule has 0 bridgehead atoms. The monoisotopic (exact) mass is 326 g/mol. The number of nitrogens with zero attached hydrogens (tertiary/aromatic N) is 8. The van der Waals surface area contributed by atoms with Gasteiger partial charge in [-0.2, -0.15) is 4.52 Å². The zero-order valence-corrected chi connectivity index (χ0v) is 13.4. The SMILES string of the molecule is CN(CCn1cccnc1=O)C1CN(c2ccc3nncn3n2)C1. The highest BCUT2D eigenvalue weighted by Crippen LogP contribution is 2.21. The fourth-order valence-electron chi connectivity index (χ4n) is 2.81. The van der Waals surface area contributed by atoms with Gasteiger partial charge in [0.1, 0.15) is 12.1 Å². The molecule has 124 valence electrons. The maximum atomic E-state index is 11.6. The molecule has 0 spiro atoms. The minimum atomic E-state index is -0.201. The molecule has 1 fully saturated rings. The molecule has 0 atom stereocenters. The Kier molecular flexibility index (Phi) is 3.69. The van der Waals surface area contributed by atoms with E-state index < -0.39 is 0 Å². The minimum absolute atomic E-state index is 0.201. The van der Waals surface area contributed by atoms with Crippen LogP contribution in [0.4, 0.5) is 5.82 Å². The number of rotatable bonds is 5. The van der Waals surface area contributed by atoms with E-state index in [-0.39, 0.29) is 5.69 Å². The van der Waals surface area contributed by atoms with Gasteiger partial charge in [-0.05, 0) is 25.2 Å². The summed E-state index contributed by atoms with van der Waals surface area (Å²) in [4.78, 5) is 19.9. The molecule has 24 heavy (non-hydrogen) atoms. The first kappa shape index (κ1) is 14.8. The topological polar surface area (TPSA) is 84.5 Å². The molecule has 0 amide bonds. The molecule has 0 radical (unpaired) electrons. The lowest BCUT2D eigenvalue weighted by atomic mass is 10.1. The van der Waals surface area contributed by atoms with E-state index in [1.165, 1.54) is 6.20 Å². The van der Waals surface area contributed by atoms with Crippen LogP contribution in [0.2, 0.25) is 0 Å². The van der Waals surface area contributed by atoms with Crippen LogP contribution in [0.3, 0.4) is 0 Å². The van der Waals surface area contributed by atoms with Crippen molar-refractivity contribution in [1.29, 1.82) is 0 Å². The molecule has 1 aliphatic heterocycles. The van der Waals surface area contributed by atoms with Crippen molar-refractivity contribution in [2.24, 2.45) is 0 Å². The summed E-state index contributed by atoms with van der Waals surface area (Å²) < 4.78 is 3.32. The highest BCUT2D eigenvalue weighted by Gasteiger charge is 2.30. The van der Waals surface area contributed by atoms with Crippen LogP contribution < -0.4 is 10.6 Å². The number of anilines is 1. The van der Waals surface area contributed by atoms with Gasteiger partial charge in [-0.1, -0.05) is 0 Å². The van der Waals surface area contributed by atoms with Gasteiger partial charge in [0, 0.05) is 44.6 Å². The van der Waals surface area contributed by atoms with Crippen LogP contribution in [-0.4, -0.2) is 67.0 Å². The zero-order chi connectivity index (χ0) is 16.5. The van der Waals surface area contributed by atoms with Crippen molar-refractivity contribution >= 4 is 11.5 Å². The molecular formula is C15H18N8O. The third-order valence-electron chi connectivity index (χ3n) is 4.43. The second-order valence-electron chi connectivity index (χ2n) is 5.96. The van der Waals surface area contributed by atoms with E-state index in [2.05, 4.69) is 37.1 Å². The molecule has 0 unspecified atom stereocenters. The van der Waals surface area contributed by atoms with Crippen LogP contribution in [0.5, 0.6) is 0 Å². The highest BCUT2D eigenvalue weighted by atomic mass is 16.1. The van der Waals surface area contributed by atoms with Crippen molar-refractivity contribution < 1.29 is 0 Å². The molecule has 3 aromatic rings. The third kappa shape index (κ3) is 2.73. The first-order valence-electron chi connectivity index (χ1n) is 7.84. The lowest BCUT2D eigenvalue weighted by Gasteiger charge is -2.44. The maximum absolute atomic E-state index is 11.6. The van der Waals surface area contributed by atoms with E-state index in [0.717, 1.165) is 31.1 Å². The molecule has 4 heterocycles. The number of fused-ring (bicyclic) bond motifs is 1. The maximum Gasteiger partial charge on any atom is 0.347 e. The number of hydrogen-bond donors (Lipinski definition) is 0. The van der Waals surface area contributed by atoms with E-state index >= 15 is 0 Å². The Balaban J connectivity index is 1.33. The van der Waals surface area contributed by atoms with Crippen LogP contribution in [-0.2, 0) is 6.54 Å². The highest BCUT2D eigenvalue weighted by molar-refractivity contribution is 5.47. The average Bonchev–Trinajstić information content (AvgIpc) is 3.00. The number of aromatic nitrogens is 6. The van der Waals surface area contributed by atoms with Gasteiger partial charge in [0.2, 0.25) is 0 Å². The normalized spacial score (nSPS) is 15.2. The van der Waals surface area contributed by atoms with Gasteiger partial charge < -0.3 is 4.90 Å². The van der Waals surface area contributed by atoms with Crippen LogP contribution in [0.1, 0.15) is 0 Å². The second kappa shape index (κ2) is 6.00. The average molecular weight is 326 g/mol. The van der Waals surface area contributed by atoms with Gasteiger partial charge >= 0.3 is 5.69 Å². The van der Waals surface area contributed by atoms with Crippen LogP contribution >= 0.6 is 0 Å². The molecule has 9 heteroatoms. The van der Waals surface area contributed by atoms with Crippen molar-refractivity contribution in [2.75, 3.05) is 31.6 Å². The number of likely N-dealkylation sites (N-methyl/N-ethyl adjacent to an activating group) is 1. The molecular weight excluding hydrogens is 308 g/mol. The Labute approximate surface area is 138 Å².